The highest BCUT2D eigenvalue weighted by Gasteiger charge is 2.39. The average Bonchev–Trinajstić information content (AvgIpc) is 3.02. The van der Waals surface area contributed by atoms with Crippen molar-refractivity contribution in [3.8, 4) is 46.0 Å². The molecule has 0 amide bonds. The SMILES string of the molecule is CC(C)=CCc1c(O)ccc(CC2C(c3c(O)ccc(C(=O)CCc4ccc(O)cc4O)c3O)C=C(C)CC2c2ccc(O)cc2O)c1O. The smallest absolute Gasteiger partial charge is 0.166 e. The summed E-state index contributed by atoms with van der Waals surface area (Å²) in [6.45, 7) is 5.74. The van der Waals surface area contributed by atoms with Gasteiger partial charge in [0.2, 0.25) is 0 Å². The Hall–Kier alpha value is -5.57. The number of rotatable bonds is 10. The fourth-order valence-electron chi connectivity index (χ4n) is 6.90. The maximum absolute atomic E-state index is 13.5. The first-order valence-corrected chi connectivity index (χ1v) is 16.2. The summed E-state index contributed by atoms with van der Waals surface area (Å²) in [5.41, 5.74) is 3.88. The molecule has 0 radical (unpaired) electrons. The topological polar surface area (TPSA) is 179 Å². The lowest BCUT2D eigenvalue weighted by Gasteiger charge is -2.38. The predicted octanol–water partition coefficient (Wildman–Crippen LogP) is 7.73. The Labute approximate surface area is 285 Å². The second-order valence-corrected chi connectivity index (χ2v) is 13.1. The molecule has 4 aromatic rings. The molecule has 0 saturated carbocycles. The van der Waals surface area contributed by atoms with Crippen molar-refractivity contribution in [2.75, 3.05) is 0 Å². The van der Waals surface area contributed by atoms with Crippen molar-refractivity contribution in [1.82, 2.24) is 0 Å². The molecule has 3 unspecified atom stereocenters. The molecule has 8 N–H and O–H groups in total. The van der Waals surface area contributed by atoms with Gasteiger partial charge < -0.3 is 40.9 Å². The highest BCUT2D eigenvalue weighted by Crippen LogP contribution is 2.53. The Bertz CT molecular complexity index is 1950. The van der Waals surface area contributed by atoms with Gasteiger partial charge in [0.1, 0.15) is 46.0 Å². The molecule has 5 rings (SSSR count). The number of hydrogen-bond acceptors (Lipinski definition) is 9. The van der Waals surface area contributed by atoms with Gasteiger partial charge in [-0.2, -0.15) is 0 Å². The molecule has 1 aliphatic rings. The summed E-state index contributed by atoms with van der Waals surface area (Å²) in [5, 5.41) is 85.8. The molecule has 256 valence electrons. The predicted molar refractivity (Wildman–Crippen MR) is 186 cm³/mol. The van der Waals surface area contributed by atoms with E-state index in [0.29, 0.717) is 35.1 Å². The molecule has 9 heteroatoms. The minimum absolute atomic E-state index is 0.0121. The van der Waals surface area contributed by atoms with E-state index in [9.17, 15) is 45.6 Å². The van der Waals surface area contributed by atoms with Crippen LogP contribution in [0.5, 0.6) is 46.0 Å². The van der Waals surface area contributed by atoms with E-state index in [1.54, 1.807) is 12.1 Å². The third-order valence-corrected chi connectivity index (χ3v) is 9.43. The number of aromatic hydroxyl groups is 8. The molecule has 0 fully saturated rings. The largest absolute Gasteiger partial charge is 0.508 e. The van der Waals surface area contributed by atoms with Crippen molar-refractivity contribution in [1.29, 1.82) is 0 Å². The summed E-state index contributed by atoms with van der Waals surface area (Å²) in [7, 11) is 0. The van der Waals surface area contributed by atoms with Crippen molar-refractivity contribution in [2.24, 2.45) is 5.92 Å². The van der Waals surface area contributed by atoms with Gasteiger partial charge >= 0.3 is 0 Å². The van der Waals surface area contributed by atoms with Gasteiger partial charge in [-0.3, -0.25) is 4.79 Å². The van der Waals surface area contributed by atoms with Gasteiger partial charge in [-0.1, -0.05) is 41.5 Å². The van der Waals surface area contributed by atoms with Gasteiger partial charge in [-0.25, -0.2) is 0 Å². The fourth-order valence-corrected chi connectivity index (χ4v) is 6.90. The lowest BCUT2D eigenvalue weighted by molar-refractivity contribution is 0.0979. The minimum atomic E-state index is -0.699. The molecule has 3 atom stereocenters. The van der Waals surface area contributed by atoms with E-state index in [4.69, 9.17) is 0 Å². The number of allylic oxidation sites excluding steroid dienone is 4. The second-order valence-electron chi connectivity index (χ2n) is 13.1. The van der Waals surface area contributed by atoms with Gasteiger partial charge in [0.15, 0.2) is 5.78 Å². The maximum Gasteiger partial charge on any atom is 0.166 e. The average molecular weight is 667 g/mol. The van der Waals surface area contributed by atoms with Crippen LogP contribution in [0, 0.1) is 5.92 Å². The Balaban J connectivity index is 1.59. The lowest BCUT2D eigenvalue weighted by atomic mass is 9.65. The summed E-state index contributed by atoms with van der Waals surface area (Å²) in [6.07, 6.45) is 4.87. The first-order valence-electron chi connectivity index (χ1n) is 16.2. The summed E-state index contributed by atoms with van der Waals surface area (Å²) in [6, 6.07) is 14.3. The fraction of sp³-hybridized carbons (Fsp3) is 0.275. The monoisotopic (exact) mass is 666 g/mol. The molecule has 0 heterocycles. The van der Waals surface area contributed by atoms with Crippen LogP contribution in [0.25, 0.3) is 0 Å². The number of phenols is 8. The van der Waals surface area contributed by atoms with Crippen LogP contribution in [0.3, 0.4) is 0 Å². The van der Waals surface area contributed by atoms with Gasteiger partial charge in [-0.15, -0.1) is 0 Å². The zero-order valence-corrected chi connectivity index (χ0v) is 27.7. The van der Waals surface area contributed by atoms with E-state index in [2.05, 4.69) is 0 Å². The molecule has 0 aliphatic heterocycles. The van der Waals surface area contributed by atoms with Gasteiger partial charge in [-0.05, 0) is 105 Å². The molecular weight excluding hydrogens is 624 g/mol. The molecule has 1 aliphatic carbocycles. The van der Waals surface area contributed by atoms with E-state index in [0.717, 1.165) is 11.1 Å². The number of ketones is 1. The van der Waals surface area contributed by atoms with Gasteiger partial charge in [0.25, 0.3) is 0 Å². The van der Waals surface area contributed by atoms with E-state index >= 15 is 0 Å². The van der Waals surface area contributed by atoms with Crippen LogP contribution in [0.4, 0.5) is 0 Å². The normalized spacial score (nSPS) is 17.4. The van der Waals surface area contributed by atoms with Crippen LogP contribution in [-0.4, -0.2) is 46.6 Å². The van der Waals surface area contributed by atoms with Gasteiger partial charge in [0.05, 0.1) is 5.56 Å². The molecule has 0 aromatic heterocycles. The van der Waals surface area contributed by atoms with E-state index < -0.39 is 29.3 Å². The van der Waals surface area contributed by atoms with Crippen LogP contribution in [-0.2, 0) is 19.3 Å². The molecule has 9 nitrogen and oxygen atoms in total. The number of Topliss-reactive ketones (excluding diaryl/α,β-unsaturated/α-hetero) is 1. The standard InChI is InChI=1S/C40H42O9/c1-21(2)4-10-28-33(43)14-7-24(39(28)48)18-31-30(27-11-9-26(42)20-37(27)47)16-22(3)17-32(31)38-35(45)15-12-29(40(38)49)34(44)13-6-23-5-8-25(41)19-36(23)46/h4-5,7-9,11-12,14-15,17,19-20,30-32,41-43,45-49H,6,10,13,16,18H2,1-3H3. The molecule has 0 spiro atoms. The highest BCUT2D eigenvalue weighted by molar-refractivity contribution is 5.99. The lowest BCUT2D eigenvalue weighted by Crippen LogP contribution is -2.27. The number of hydrogen-bond donors (Lipinski definition) is 8. The van der Waals surface area contributed by atoms with Crippen molar-refractivity contribution in [3.05, 3.63) is 117 Å². The summed E-state index contributed by atoms with van der Waals surface area (Å²) >= 11 is 0. The van der Waals surface area contributed by atoms with Crippen molar-refractivity contribution in [3.63, 3.8) is 0 Å². The van der Waals surface area contributed by atoms with Crippen LogP contribution < -0.4 is 0 Å². The van der Waals surface area contributed by atoms with Crippen LogP contribution >= 0.6 is 0 Å². The van der Waals surface area contributed by atoms with Crippen LogP contribution in [0.15, 0.2) is 84.0 Å². The molecular formula is C40H42O9. The summed E-state index contributed by atoms with van der Waals surface area (Å²) < 4.78 is 0. The Morgan fingerprint density at radius 2 is 1.41 bits per heavy atom. The third-order valence-electron chi connectivity index (χ3n) is 9.43. The molecule has 0 bridgehead atoms. The number of carbonyl (C=O) groups excluding carboxylic acids is 1. The van der Waals surface area contributed by atoms with Crippen LogP contribution in [0.1, 0.15) is 83.6 Å². The quantitative estimate of drug-likeness (QED) is 0.0621. The summed E-state index contributed by atoms with van der Waals surface area (Å²) in [5.74, 6) is -3.30. The van der Waals surface area contributed by atoms with E-state index in [1.807, 2.05) is 32.9 Å². The first-order chi connectivity index (χ1) is 23.2. The zero-order chi connectivity index (χ0) is 35.6. The summed E-state index contributed by atoms with van der Waals surface area (Å²) in [4.78, 5) is 13.5. The Morgan fingerprint density at radius 3 is 2.08 bits per heavy atom. The number of aryl methyl sites for hydroxylation is 1. The Morgan fingerprint density at radius 1 is 0.755 bits per heavy atom. The van der Waals surface area contributed by atoms with Gasteiger partial charge in [0, 0.05) is 35.6 Å². The molecule has 49 heavy (non-hydrogen) atoms. The molecule has 4 aromatic carbocycles. The molecule has 0 saturated heterocycles. The van der Waals surface area contributed by atoms with Crippen molar-refractivity contribution < 1.29 is 45.6 Å². The van der Waals surface area contributed by atoms with Crippen molar-refractivity contribution in [2.45, 2.75) is 64.7 Å². The number of benzene rings is 4. The van der Waals surface area contributed by atoms with Crippen LogP contribution in [0.2, 0.25) is 0 Å². The Kier molecular flexibility index (Phi) is 10.1. The highest BCUT2D eigenvalue weighted by atomic mass is 16.3. The third kappa shape index (κ3) is 7.46. The number of carbonyl (C=O) groups is 1. The zero-order valence-electron chi connectivity index (χ0n) is 27.7. The van der Waals surface area contributed by atoms with E-state index in [-0.39, 0.29) is 70.6 Å². The number of phenolic OH excluding ortho intramolecular Hbond substituents is 8. The van der Waals surface area contributed by atoms with E-state index in [1.165, 1.54) is 48.5 Å². The first kappa shape index (κ1) is 34.8. The van der Waals surface area contributed by atoms with Crippen molar-refractivity contribution >= 4 is 5.78 Å². The minimum Gasteiger partial charge on any atom is -0.508 e. The second kappa shape index (κ2) is 14.3. The maximum atomic E-state index is 13.5.